The first-order valence-electron chi connectivity index (χ1n) is 6.95. The normalized spacial score (nSPS) is 10.3. The van der Waals surface area contributed by atoms with Crippen molar-refractivity contribution in [3.63, 3.8) is 0 Å². The molecule has 5 heteroatoms. The van der Waals surface area contributed by atoms with Gasteiger partial charge in [0.25, 0.3) is 0 Å². The number of nitrogens with one attached hydrogen (secondary N) is 1. The van der Waals surface area contributed by atoms with E-state index in [9.17, 15) is 4.79 Å². The van der Waals surface area contributed by atoms with E-state index in [-0.39, 0.29) is 11.3 Å². The van der Waals surface area contributed by atoms with E-state index in [2.05, 4.69) is 29.4 Å². The Morgan fingerprint density at radius 1 is 1.29 bits per heavy atom. The predicted molar refractivity (Wildman–Crippen MR) is 83.9 cm³/mol. The molecule has 2 rings (SSSR count). The highest BCUT2D eigenvalue weighted by atomic mass is 16.4. The number of aromatic carboxylic acids is 1. The summed E-state index contributed by atoms with van der Waals surface area (Å²) < 4.78 is 0. The highest BCUT2D eigenvalue weighted by Crippen LogP contribution is 2.24. The molecule has 2 aromatic rings. The van der Waals surface area contributed by atoms with Crippen molar-refractivity contribution in [2.24, 2.45) is 0 Å². The van der Waals surface area contributed by atoms with E-state index in [1.54, 1.807) is 0 Å². The minimum absolute atomic E-state index is 0.0482. The molecule has 0 unspecified atom stereocenters. The van der Waals surface area contributed by atoms with Crippen LogP contribution in [0.15, 0.2) is 36.5 Å². The fourth-order valence-corrected chi connectivity index (χ4v) is 2.03. The first kappa shape index (κ1) is 14.8. The molecule has 0 aliphatic carbocycles. The number of aryl methyl sites for hydroxylation is 1. The summed E-state index contributed by atoms with van der Waals surface area (Å²) in [7, 11) is 0. The van der Waals surface area contributed by atoms with Gasteiger partial charge in [0.1, 0.15) is 0 Å². The highest BCUT2D eigenvalue weighted by Gasteiger charge is 2.12. The third kappa shape index (κ3) is 3.72. The van der Waals surface area contributed by atoms with Gasteiger partial charge >= 0.3 is 5.97 Å². The van der Waals surface area contributed by atoms with Crippen LogP contribution in [-0.4, -0.2) is 16.1 Å². The highest BCUT2D eigenvalue weighted by molar-refractivity contribution is 5.96. The zero-order valence-corrected chi connectivity index (χ0v) is 12.0. The SMILES string of the molecule is CCCCc1ccc(Nc2nccc(C(=O)O)c2N)cc1. The van der Waals surface area contributed by atoms with Crippen molar-refractivity contribution in [3.8, 4) is 0 Å². The largest absolute Gasteiger partial charge is 0.478 e. The second-order valence-corrected chi connectivity index (χ2v) is 4.85. The lowest BCUT2D eigenvalue weighted by atomic mass is 10.1. The number of pyridine rings is 1. The number of unbranched alkanes of at least 4 members (excludes halogenated alkanes) is 1. The topological polar surface area (TPSA) is 88.2 Å². The molecule has 110 valence electrons. The molecule has 0 radical (unpaired) electrons. The third-order valence-corrected chi connectivity index (χ3v) is 3.26. The number of nitrogens with two attached hydrogens (primary N) is 1. The van der Waals surface area contributed by atoms with Crippen molar-refractivity contribution in [1.29, 1.82) is 0 Å². The smallest absolute Gasteiger partial charge is 0.337 e. The molecule has 1 heterocycles. The molecule has 1 aromatic heterocycles. The Kier molecular flexibility index (Phi) is 4.77. The van der Waals surface area contributed by atoms with Crippen LogP contribution in [0.3, 0.4) is 0 Å². The maximum atomic E-state index is 11.0. The van der Waals surface area contributed by atoms with Gasteiger partial charge in [-0.15, -0.1) is 0 Å². The van der Waals surface area contributed by atoms with Crippen molar-refractivity contribution in [3.05, 3.63) is 47.7 Å². The van der Waals surface area contributed by atoms with E-state index in [4.69, 9.17) is 10.8 Å². The monoisotopic (exact) mass is 285 g/mol. The van der Waals surface area contributed by atoms with Crippen molar-refractivity contribution >= 4 is 23.2 Å². The summed E-state index contributed by atoms with van der Waals surface area (Å²) in [5.41, 5.74) is 8.12. The number of nitrogens with zero attached hydrogens (tertiary/aromatic N) is 1. The molecule has 0 atom stereocenters. The van der Waals surface area contributed by atoms with Crippen LogP contribution in [0, 0.1) is 0 Å². The van der Waals surface area contributed by atoms with Crippen LogP contribution in [-0.2, 0) is 6.42 Å². The lowest BCUT2D eigenvalue weighted by molar-refractivity contribution is 0.0698. The molecule has 0 aliphatic heterocycles. The zero-order valence-electron chi connectivity index (χ0n) is 12.0. The van der Waals surface area contributed by atoms with Gasteiger partial charge in [0.15, 0.2) is 5.82 Å². The Morgan fingerprint density at radius 3 is 2.62 bits per heavy atom. The van der Waals surface area contributed by atoms with E-state index >= 15 is 0 Å². The van der Waals surface area contributed by atoms with Crippen molar-refractivity contribution in [2.45, 2.75) is 26.2 Å². The Labute approximate surface area is 123 Å². The number of anilines is 3. The van der Waals surface area contributed by atoms with Gasteiger partial charge in [-0.3, -0.25) is 0 Å². The number of carboxylic acid groups (broad SMARTS) is 1. The number of nitrogen functional groups attached to an aromatic ring is 1. The number of rotatable bonds is 6. The number of carbonyl (C=O) groups is 1. The predicted octanol–water partition coefficient (Wildman–Crippen LogP) is 3.45. The average molecular weight is 285 g/mol. The van der Waals surface area contributed by atoms with E-state index in [0.29, 0.717) is 5.82 Å². The summed E-state index contributed by atoms with van der Waals surface area (Å²) >= 11 is 0. The van der Waals surface area contributed by atoms with Crippen LogP contribution >= 0.6 is 0 Å². The summed E-state index contributed by atoms with van der Waals surface area (Å²) in [6.07, 6.45) is 4.83. The molecule has 0 saturated carbocycles. The summed E-state index contributed by atoms with van der Waals surface area (Å²) in [6.45, 7) is 2.17. The first-order chi connectivity index (χ1) is 10.1. The van der Waals surface area contributed by atoms with Crippen LogP contribution in [0.2, 0.25) is 0 Å². The Bertz CT molecular complexity index is 624. The molecule has 0 aliphatic rings. The third-order valence-electron chi connectivity index (χ3n) is 3.26. The zero-order chi connectivity index (χ0) is 15.2. The van der Waals surface area contributed by atoms with Crippen LogP contribution in [0.25, 0.3) is 0 Å². The summed E-state index contributed by atoms with van der Waals surface area (Å²) in [5.74, 6) is -0.705. The number of hydrogen-bond acceptors (Lipinski definition) is 4. The number of aromatic nitrogens is 1. The van der Waals surface area contributed by atoms with Gasteiger partial charge in [-0.2, -0.15) is 0 Å². The standard InChI is InChI=1S/C16H19N3O2/c1-2-3-4-11-5-7-12(8-6-11)19-15-14(17)13(16(20)21)9-10-18-15/h5-10H,2-4,17H2,1H3,(H,18,19)(H,20,21). The molecular formula is C16H19N3O2. The number of carboxylic acids is 1. The minimum atomic E-state index is -1.06. The Morgan fingerprint density at radius 2 is 2.00 bits per heavy atom. The van der Waals surface area contributed by atoms with Gasteiger partial charge in [0.2, 0.25) is 0 Å². The van der Waals surface area contributed by atoms with Gasteiger partial charge in [-0.05, 0) is 36.6 Å². The van der Waals surface area contributed by atoms with E-state index in [0.717, 1.165) is 12.1 Å². The maximum Gasteiger partial charge on any atom is 0.337 e. The van der Waals surface area contributed by atoms with Gasteiger partial charge < -0.3 is 16.2 Å². The fraction of sp³-hybridized carbons (Fsp3) is 0.250. The maximum absolute atomic E-state index is 11.0. The molecule has 1 aromatic carbocycles. The van der Waals surface area contributed by atoms with Crippen LogP contribution < -0.4 is 11.1 Å². The van der Waals surface area contributed by atoms with E-state index in [1.165, 1.54) is 30.7 Å². The molecule has 5 nitrogen and oxygen atoms in total. The van der Waals surface area contributed by atoms with E-state index in [1.807, 2.05) is 12.1 Å². The molecule has 4 N–H and O–H groups in total. The first-order valence-corrected chi connectivity index (χ1v) is 6.95. The molecule has 0 saturated heterocycles. The Balaban J connectivity index is 2.15. The quantitative estimate of drug-likeness (QED) is 0.756. The minimum Gasteiger partial charge on any atom is -0.478 e. The number of benzene rings is 1. The lowest BCUT2D eigenvalue weighted by Crippen LogP contribution is -2.07. The number of hydrogen-bond donors (Lipinski definition) is 3. The summed E-state index contributed by atoms with van der Waals surface area (Å²) in [5, 5.41) is 12.1. The van der Waals surface area contributed by atoms with Gasteiger partial charge in [0.05, 0.1) is 11.3 Å². The van der Waals surface area contributed by atoms with Crippen LogP contribution in [0.5, 0.6) is 0 Å². The molecule has 21 heavy (non-hydrogen) atoms. The van der Waals surface area contributed by atoms with Crippen molar-refractivity contribution < 1.29 is 9.90 Å². The molecular weight excluding hydrogens is 266 g/mol. The van der Waals surface area contributed by atoms with Crippen molar-refractivity contribution in [1.82, 2.24) is 4.98 Å². The molecule has 0 fully saturated rings. The molecule has 0 amide bonds. The van der Waals surface area contributed by atoms with Gasteiger partial charge in [-0.25, -0.2) is 9.78 Å². The van der Waals surface area contributed by atoms with E-state index < -0.39 is 5.97 Å². The fourth-order valence-electron chi connectivity index (χ4n) is 2.03. The average Bonchev–Trinajstić information content (AvgIpc) is 2.48. The second-order valence-electron chi connectivity index (χ2n) is 4.85. The molecule has 0 bridgehead atoms. The second kappa shape index (κ2) is 6.74. The van der Waals surface area contributed by atoms with Gasteiger partial charge in [0, 0.05) is 11.9 Å². The molecule has 0 spiro atoms. The lowest BCUT2D eigenvalue weighted by Gasteiger charge is -2.10. The van der Waals surface area contributed by atoms with Crippen LogP contribution in [0.4, 0.5) is 17.2 Å². The van der Waals surface area contributed by atoms with Gasteiger partial charge in [-0.1, -0.05) is 25.5 Å². The summed E-state index contributed by atoms with van der Waals surface area (Å²) in [4.78, 5) is 15.1. The van der Waals surface area contributed by atoms with Crippen molar-refractivity contribution in [2.75, 3.05) is 11.1 Å². The Hall–Kier alpha value is -2.56. The van der Waals surface area contributed by atoms with Crippen LogP contribution in [0.1, 0.15) is 35.7 Å². The summed E-state index contributed by atoms with van der Waals surface area (Å²) in [6, 6.07) is 9.38.